The van der Waals surface area contributed by atoms with Crippen molar-refractivity contribution in [3.8, 4) is 11.4 Å². The molecule has 0 atom stereocenters. The topological polar surface area (TPSA) is 55.9 Å². The molecule has 5 nitrogen and oxygen atoms in total. The van der Waals surface area contributed by atoms with E-state index in [4.69, 9.17) is 17.3 Å². The van der Waals surface area contributed by atoms with E-state index in [0.29, 0.717) is 4.77 Å². The molecule has 0 aliphatic rings. The molecule has 0 aliphatic heterocycles. The molecular weight excluding hydrogens is 200 g/mol. The second-order valence-corrected chi connectivity index (χ2v) is 3.18. The summed E-state index contributed by atoms with van der Waals surface area (Å²) in [5.74, 6) is 0.212. The third-order valence-corrected chi connectivity index (χ3v) is 2.25. The lowest BCUT2D eigenvalue weighted by Gasteiger charge is -1.98. The van der Waals surface area contributed by atoms with Gasteiger partial charge in [0, 0.05) is 7.05 Å². The quantitative estimate of drug-likeness (QED) is 0.711. The largest absolute Gasteiger partial charge is 0.508 e. The van der Waals surface area contributed by atoms with E-state index < -0.39 is 0 Å². The minimum absolute atomic E-state index is 0.212. The van der Waals surface area contributed by atoms with Crippen LogP contribution in [0.4, 0.5) is 0 Å². The van der Waals surface area contributed by atoms with Crippen molar-refractivity contribution in [1.29, 1.82) is 0 Å². The van der Waals surface area contributed by atoms with E-state index in [9.17, 15) is 0 Å². The fourth-order valence-electron chi connectivity index (χ4n) is 1.07. The van der Waals surface area contributed by atoms with Gasteiger partial charge in [-0.1, -0.05) is 0 Å². The van der Waals surface area contributed by atoms with Crippen LogP contribution in [0.5, 0.6) is 5.75 Å². The molecule has 1 N–H and O–H groups in total. The van der Waals surface area contributed by atoms with Crippen molar-refractivity contribution in [1.82, 2.24) is 19.8 Å². The molecule has 0 spiro atoms. The number of aromatic nitrogens is 4. The molecule has 0 saturated carbocycles. The highest BCUT2D eigenvalue weighted by Crippen LogP contribution is 2.12. The van der Waals surface area contributed by atoms with Crippen LogP contribution in [0.25, 0.3) is 5.69 Å². The maximum absolute atomic E-state index is 9.10. The van der Waals surface area contributed by atoms with Gasteiger partial charge in [-0.2, -0.15) is 4.68 Å². The van der Waals surface area contributed by atoms with Crippen LogP contribution in [0, 0.1) is 4.77 Å². The van der Waals surface area contributed by atoms with Crippen molar-refractivity contribution < 1.29 is 5.11 Å². The first-order chi connectivity index (χ1) is 6.68. The highest BCUT2D eigenvalue weighted by molar-refractivity contribution is 7.71. The third kappa shape index (κ3) is 1.39. The first-order valence-electron chi connectivity index (χ1n) is 3.97. The van der Waals surface area contributed by atoms with E-state index in [1.807, 2.05) is 0 Å². The Balaban J connectivity index is 2.55. The number of hydrogen-bond donors (Lipinski definition) is 1. The van der Waals surface area contributed by atoms with E-state index in [2.05, 4.69) is 10.4 Å². The molecular formula is C8H8N4OS. The molecule has 0 unspecified atom stereocenters. The molecule has 0 aliphatic carbocycles. The maximum atomic E-state index is 9.10. The summed E-state index contributed by atoms with van der Waals surface area (Å²) in [7, 11) is 1.73. The van der Waals surface area contributed by atoms with E-state index in [1.54, 1.807) is 31.3 Å². The zero-order chi connectivity index (χ0) is 10.1. The Hall–Kier alpha value is -1.69. The minimum atomic E-state index is 0.212. The molecule has 1 aromatic heterocycles. The van der Waals surface area contributed by atoms with Crippen LogP contribution in [-0.2, 0) is 7.05 Å². The van der Waals surface area contributed by atoms with Crippen LogP contribution >= 0.6 is 12.2 Å². The third-order valence-electron chi connectivity index (χ3n) is 1.82. The van der Waals surface area contributed by atoms with Crippen LogP contribution in [-0.4, -0.2) is 24.9 Å². The van der Waals surface area contributed by atoms with Gasteiger partial charge in [-0.15, -0.1) is 0 Å². The van der Waals surface area contributed by atoms with Crippen LogP contribution in [0.15, 0.2) is 24.3 Å². The Morgan fingerprint density at radius 3 is 2.36 bits per heavy atom. The zero-order valence-corrected chi connectivity index (χ0v) is 8.27. The molecule has 2 rings (SSSR count). The van der Waals surface area contributed by atoms with Crippen LogP contribution in [0.3, 0.4) is 0 Å². The summed E-state index contributed by atoms with van der Waals surface area (Å²) in [4.78, 5) is 0. The molecule has 1 heterocycles. The van der Waals surface area contributed by atoms with E-state index >= 15 is 0 Å². The van der Waals surface area contributed by atoms with Gasteiger partial charge in [0.2, 0.25) is 4.77 Å². The molecule has 0 fully saturated rings. The summed E-state index contributed by atoms with van der Waals surface area (Å²) in [6, 6.07) is 6.59. The van der Waals surface area contributed by atoms with Crippen molar-refractivity contribution in [2.24, 2.45) is 7.05 Å². The van der Waals surface area contributed by atoms with Gasteiger partial charge >= 0.3 is 0 Å². The molecule has 0 amide bonds. The predicted octanol–water partition coefficient (Wildman–Crippen LogP) is 1.04. The van der Waals surface area contributed by atoms with Gasteiger partial charge in [0.25, 0.3) is 0 Å². The minimum Gasteiger partial charge on any atom is -0.508 e. The Morgan fingerprint density at radius 1 is 1.21 bits per heavy atom. The first-order valence-corrected chi connectivity index (χ1v) is 4.38. The Morgan fingerprint density at radius 2 is 1.86 bits per heavy atom. The van der Waals surface area contributed by atoms with Gasteiger partial charge in [-0.25, -0.2) is 4.68 Å². The van der Waals surface area contributed by atoms with Crippen molar-refractivity contribution in [2.45, 2.75) is 0 Å². The summed E-state index contributed by atoms with van der Waals surface area (Å²) >= 11 is 5.08. The van der Waals surface area contributed by atoms with Crippen molar-refractivity contribution in [3.63, 3.8) is 0 Å². The summed E-state index contributed by atoms with van der Waals surface area (Å²) < 4.78 is 3.53. The second-order valence-electron chi connectivity index (χ2n) is 2.81. The van der Waals surface area contributed by atoms with E-state index in [-0.39, 0.29) is 5.75 Å². The lowest BCUT2D eigenvalue weighted by atomic mass is 10.3. The Labute approximate surface area is 85.2 Å². The number of aryl methyl sites for hydroxylation is 1. The van der Waals surface area contributed by atoms with Crippen molar-refractivity contribution in [2.75, 3.05) is 0 Å². The molecule has 72 valence electrons. The monoisotopic (exact) mass is 208 g/mol. The maximum Gasteiger partial charge on any atom is 0.220 e. The molecule has 14 heavy (non-hydrogen) atoms. The van der Waals surface area contributed by atoms with Gasteiger partial charge in [0.1, 0.15) is 5.75 Å². The lowest BCUT2D eigenvalue weighted by Crippen LogP contribution is -1.96. The normalized spacial score (nSPS) is 10.4. The Bertz CT molecular complexity index is 499. The number of tetrazole rings is 1. The first kappa shape index (κ1) is 8.89. The molecule has 2 aromatic rings. The number of benzene rings is 1. The average molecular weight is 208 g/mol. The summed E-state index contributed by atoms with van der Waals surface area (Å²) in [5, 5.41) is 16.7. The molecule has 1 aromatic carbocycles. The lowest BCUT2D eigenvalue weighted by molar-refractivity contribution is 0.475. The van der Waals surface area contributed by atoms with Gasteiger partial charge < -0.3 is 5.11 Å². The standard InChI is InChI=1S/C8H8N4OS/c1-11-8(14)12(10-9-11)6-2-4-7(13)5-3-6/h2-5,13H,1H3. The predicted molar refractivity (Wildman–Crippen MR) is 52.8 cm³/mol. The summed E-state index contributed by atoms with van der Waals surface area (Å²) in [6.45, 7) is 0. The SMILES string of the molecule is Cn1nnn(-c2ccc(O)cc2)c1=S. The summed E-state index contributed by atoms with van der Waals surface area (Å²) in [6.07, 6.45) is 0. The van der Waals surface area contributed by atoms with Gasteiger partial charge in [0.15, 0.2) is 0 Å². The fraction of sp³-hybridized carbons (Fsp3) is 0.125. The van der Waals surface area contributed by atoms with Gasteiger partial charge in [-0.3, -0.25) is 0 Å². The van der Waals surface area contributed by atoms with Crippen LogP contribution in [0.1, 0.15) is 0 Å². The smallest absolute Gasteiger partial charge is 0.220 e. The molecule has 0 radical (unpaired) electrons. The number of phenolic OH excluding ortho intramolecular Hbond substituents is 1. The number of hydrogen-bond acceptors (Lipinski definition) is 4. The second kappa shape index (κ2) is 3.22. The van der Waals surface area contributed by atoms with E-state index in [1.165, 1.54) is 9.36 Å². The average Bonchev–Trinajstić information content (AvgIpc) is 2.50. The molecule has 0 bridgehead atoms. The number of nitrogens with zero attached hydrogens (tertiary/aromatic N) is 4. The highest BCUT2D eigenvalue weighted by Gasteiger charge is 2.01. The number of rotatable bonds is 1. The number of phenols is 1. The fourth-order valence-corrected chi connectivity index (χ4v) is 1.25. The zero-order valence-electron chi connectivity index (χ0n) is 7.45. The van der Waals surface area contributed by atoms with Crippen molar-refractivity contribution >= 4 is 12.2 Å². The van der Waals surface area contributed by atoms with Crippen LogP contribution < -0.4 is 0 Å². The Kier molecular flexibility index (Phi) is 2.05. The number of aromatic hydroxyl groups is 1. The van der Waals surface area contributed by atoms with E-state index in [0.717, 1.165) is 5.69 Å². The van der Waals surface area contributed by atoms with Gasteiger partial charge in [-0.05, 0) is 46.9 Å². The molecule has 0 saturated heterocycles. The van der Waals surface area contributed by atoms with Crippen LogP contribution in [0.2, 0.25) is 0 Å². The summed E-state index contributed by atoms with van der Waals surface area (Å²) in [5.41, 5.74) is 0.779. The van der Waals surface area contributed by atoms with Crippen molar-refractivity contribution in [3.05, 3.63) is 29.0 Å². The van der Waals surface area contributed by atoms with Gasteiger partial charge in [0.05, 0.1) is 5.69 Å². The molecule has 6 heteroatoms. The highest BCUT2D eigenvalue weighted by atomic mass is 32.1.